The summed E-state index contributed by atoms with van der Waals surface area (Å²) in [5.74, 6) is -1.05. The molecule has 0 atom stereocenters. The minimum absolute atomic E-state index is 0.156. The molecule has 1 amide bonds. The number of carbonyl (C=O) groups excluding carboxylic acids is 1. The molecule has 0 bridgehead atoms. The summed E-state index contributed by atoms with van der Waals surface area (Å²) in [5, 5.41) is 0. The van der Waals surface area contributed by atoms with Gasteiger partial charge in [0.15, 0.2) is 0 Å². The maximum atomic E-state index is 11.5. The molecule has 0 aliphatic carbocycles. The second-order valence-electron chi connectivity index (χ2n) is 2.19. The molecule has 1 aromatic rings. The van der Waals surface area contributed by atoms with Crippen LogP contribution >= 0.6 is 0 Å². The van der Waals surface area contributed by atoms with Crippen LogP contribution in [0.4, 0.5) is 13.2 Å². The molecule has 1 heterocycles. The van der Waals surface area contributed by atoms with Crippen LogP contribution in [0.5, 0.6) is 0 Å². The first kappa shape index (κ1) is 10.5. The van der Waals surface area contributed by atoms with Gasteiger partial charge in [-0.1, -0.05) is 6.07 Å². The molecule has 0 fully saturated rings. The van der Waals surface area contributed by atoms with Crippen molar-refractivity contribution in [3.05, 3.63) is 30.1 Å². The highest BCUT2D eigenvalue weighted by Gasteiger charge is 2.31. The van der Waals surface area contributed by atoms with E-state index in [2.05, 4.69) is 9.82 Å². The summed E-state index contributed by atoms with van der Waals surface area (Å²) in [6.45, 7) is 0. The molecule has 14 heavy (non-hydrogen) atoms. The Morgan fingerprint density at radius 1 is 1.43 bits per heavy atom. The summed E-state index contributed by atoms with van der Waals surface area (Å²) in [5.41, 5.74) is 1.06. The van der Waals surface area contributed by atoms with Gasteiger partial charge in [-0.3, -0.25) is 9.78 Å². The summed E-state index contributed by atoms with van der Waals surface area (Å²) in [6.07, 6.45) is -3.62. The first-order valence-corrected chi connectivity index (χ1v) is 3.45. The summed E-state index contributed by atoms with van der Waals surface area (Å²) >= 11 is 0. The number of nitrogens with zero attached hydrogens (tertiary/aromatic N) is 1. The highest BCUT2D eigenvalue weighted by Crippen LogP contribution is 2.14. The fourth-order valence-corrected chi connectivity index (χ4v) is 0.654. The van der Waals surface area contributed by atoms with Gasteiger partial charge in [0.05, 0.1) is 0 Å². The fraction of sp³-hybridized carbons (Fsp3) is 0.143. The lowest BCUT2D eigenvalue weighted by Gasteiger charge is -2.06. The maximum Gasteiger partial charge on any atom is 0.543 e. The van der Waals surface area contributed by atoms with Gasteiger partial charge in [0, 0.05) is 6.20 Å². The van der Waals surface area contributed by atoms with E-state index in [0.717, 1.165) is 0 Å². The Bertz CT molecular complexity index is 312. The van der Waals surface area contributed by atoms with Crippen LogP contribution in [0, 0.1) is 0 Å². The van der Waals surface area contributed by atoms with Crippen LogP contribution in [0.3, 0.4) is 0 Å². The molecule has 1 aromatic heterocycles. The standard InChI is InChI=1S/C7H5F3N2O2/c8-7(9,10)14-12-6(13)5-3-1-2-4-11-5/h1-4H,(H,12,13). The summed E-state index contributed by atoms with van der Waals surface area (Å²) in [4.78, 5) is 17.5. The van der Waals surface area contributed by atoms with Crippen LogP contribution in [0.2, 0.25) is 0 Å². The van der Waals surface area contributed by atoms with Gasteiger partial charge in [0.2, 0.25) is 0 Å². The minimum atomic E-state index is -4.90. The fourth-order valence-electron chi connectivity index (χ4n) is 0.654. The maximum absolute atomic E-state index is 11.5. The van der Waals surface area contributed by atoms with Gasteiger partial charge >= 0.3 is 6.36 Å². The van der Waals surface area contributed by atoms with Gasteiger partial charge in [-0.2, -0.15) is 4.84 Å². The van der Waals surface area contributed by atoms with Gasteiger partial charge in [-0.15, -0.1) is 13.2 Å². The van der Waals surface area contributed by atoms with Crippen molar-refractivity contribution in [2.45, 2.75) is 6.36 Å². The number of pyridine rings is 1. The predicted octanol–water partition coefficient (Wildman–Crippen LogP) is 1.26. The lowest BCUT2D eigenvalue weighted by molar-refractivity contribution is -0.343. The zero-order valence-electron chi connectivity index (χ0n) is 6.71. The molecule has 1 rings (SSSR count). The third-order valence-corrected chi connectivity index (χ3v) is 1.16. The topological polar surface area (TPSA) is 51.2 Å². The largest absolute Gasteiger partial charge is 0.543 e. The van der Waals surface area contributed by atoms with E-state index in [-0.39, 0.29) is 5.69 Å². The van der Waals surface area contributed by atoms with Crippen molar-refractivity contribution in [2.75, 3.05) is 0 Å². The van der Waals surface area contributed by atoms with Crippen molar-refractivity contribution in [2.24, 2.45) is 0 Å². The third-order valence-electron chi connectivity index (χ3n) is 1.16. The van der Waals surface area contributed by atoms with Crippen molar-refractivity contribution < 1.29 is 22.8 Å². The van der Waals surface area contributed by atoms with Crippen molar-refractivity contribution in [3.63, 3.8) is 0 Å². The SMILES string of the molecule is O=C(NOC(F)(F)F)c1ccccn1. The van der Waals surface area contributed by atoms with E-state index in [1.54, 1.807) is 0 Å². The summed E-state index contributed by atoms with van der Waals surface area (Å²) < 4.78 is 34.4. The highest BCUT2D eigenvalue weighted by molar-refractivity contribution is 5.91. The Morgan fingerprint density at radius 2 is 2.14 bits per heavy atom. The Balaban J connectivity index is 2.52. The molecule has 0 saturated carbocycles. The molecule has 0 unspecified atom stereocenters. The zero-order valence-corrected chi connectivity index (χ0v) is 6.71. The average Bonchev–Trinajstić information content (AvgIpc) is 2.14. The van der Waals surface area contributed by atoms with E-state index in [1.807, 2.05) is 0 Å². The first-order chi connectivity index (χ1) is 6.49. The minimum Gasteiger partial charge on any atom is -0.265 e. The quantitative estimate of drug-likeness (QED) is 0.741. The van der Waals surface area contributed by atoms with Crippen LogP contribution in [0.25, 0.3) is 0 Å². The zero-order chi connectivity index (χ0) is 10.6. The molecular weight excluding hydrogens is 201 g/mol. The molecule has 7 heteroatoms. The molecule has 0 spiro atoms. The van der Waals surface area contributed by atoms with Crippen molar-refractivity contribution in [1.29, 1.82) is 0 Å². The molecule has 0 radical (unpaired) electrons. The number of hydrogen-bond acceptors (Lipinski definition) is 3. The van der Waals surface area contributed by atoms with E-state index in [0.29, 0.717) is 0 Å². The normalized spacial score (nSPS) is 11.1. The average molecular weight is 206 g/mol. The number of rotatable bonds is 2. The smallest absolute Gasteiger partial charge is 0.265 e. The van der Waals surface area contributed by atoms with E-state index in [4.69, 9.17) is 0 Å². The predicted molar refractivity (Wildman–Crippen MR) is 38.8 cm³/mol. The highest BCUT2D eigenvalue weighted by atomic mass is 19.4. The van der Waals surface area contributed by atoms with Crippen LogP contribution in [0.1, 0.15) is 10.5 Å². The number of aromatic nitrogens is 1. The van der Waals surface area contributed by atoms with Gasteiger partial charge in [-0.05, 0) is 12.1 Å². The van der Waals surface area contributed by atoms with Crippen LogP contribution in [0.15, 0.2) is 24.4 Å². The number of halogens is 3. The van der Waals surface area contributed by atoms with E-state index in [9.17, 15) is 18.0 Å². The van der Waals surface area contributed by atoms with E-state index < -0.39 is 12.3 Å². The summed E-state index contributed by atoms with van der Waals surface area (Å²) in [6, 6.07) is 4.26. The number of nitrogens with one attached hydrogen (secondary N) is 1. The summed E-state index contributed by atoms with van der Waals surface area (Å²) in [7, 11) is 0. The molecule has 0 aliphatic heterocycles. The molecule has 4 nitrogen and oxygen atoms in total. The molecule has 0 aliphatic rings. The molecule has 0 saturated heterocycles. The number of hydrogen-bond donors (Lipinski definition) is 1. The lowest BCUT2D eigenvalue weighted by atomic mass is 10.3. The third kappa shape index (κ3) is 3.40. The molecular formula is C7H5F3N2O2. The Labute approximate surface area is 76.7 Å². The number of carbonyl (C=O) groups is 1. The monoisotopic (exact) mass is 206 g/mol. The van der Waals surface area contributed by atoms with Gasteiger partial charge < -0.3 is 0 Å². The Hall–Kier alpha value is -1.63. The van der Waals surface area contributed by atoms with E-state index in [1.165, 1.54) is 29.9 Å². The lowest BCUT2D eigenvalue weighted by Crippen LogP contribution is -2.31. The first-order valence-electron chi connectivity index (χ1n) is 3.45. The molecule has 1 N–H and O–H groups in total. The van der Waals surface area contributed by atoms with Crippen molar-refractivity contribution in [3.8, 4) is 0 Å². The van der Waals surface area contributed by atoms with Gasteiger partial charge in [-0.25, -0.2) is 5.48 Å². The molecule has 76 valence electrons. The second-order valence-corrected chi connectivity index (χ2v) is 2.19. The number of hydroxylamine groups is 1. The number of alkyl halides is 3. The Morgan fingerprint density at radius 3 is 2.64 bits per heavy atom. The molecule has 0 aromatic carbocycles. The van der Waals surface area contributed by atoms with E-state index >= 15 is 0 Å². The second kappa shape index (κ2) is 4.05. The van der Waals surface area contributed by atoms with Crippen molar-refractivity contribution >= 4 is 5.91 Å². The van der Waals surface area contributed by atoms with Crippen LogP contribution in [-0.4, -0.2) is 17.3 Å². The number of amides is 1. The van der Waals surface area contributed by atoms with Crippen LogP contribution < -0.4 is 5.48 Å². The Kier molecular flexibility index (Phi) is 3.03. The van der Waals surface area contributed by atoms with Gasteiger partial charge in [0.25, 0.3) is 5.91 Å². The van der Waals surface area contributed by atoms with Crippen molar-refractivity contribution in [1.82, 2.24) is 10.5 Å². The van der Waals surface area contributed by atoms with Gasteiger partial charge in [0.1, 0.15) is 5.69 Å². The van der Waals surface area contributed by atoms with Crippen LogP contribution in [-0.2, 0) is 4.84 Å².